The van der Waals surface area contributed by atoms with Gasteiger partial charge in [0.25, 0.3) is 5.56 Å². The summed E-state index contributed by atoms with van der Waals surface area (Å²) in [7, 11) is 4.03. The average molecular weight is 455 g/mol. The maximum Gasteiger partial charge on any atom is 0.258 e. The van der Waals surface area contributed by atoms with Gasteiger partial charge in [-0.15, -0.1) is 0 Å². The second kappa shape index (κ2) is 9.72. The molecule has 3 aromatic carbocycles. The smallest absolute Gasteiger partial charge is 0.258 e. The highest BCUT2D eigenvalue weighted by Crippen LogP contribution is 2.27. The molecular formula is C27H26N4O3. The van der Waals surface area contributed by atoms with Gasteiger partial charge in [-0.3, -0.25) is 19.6 Å². The number of benzene rings is 3. The number of Topliss-reactive ketones (excluding diaryl/α,β-unsaturated/α-hetero) is 1. The van der Waals surface area contributed by atoms with E-state index < -0.39 is 0 Å². The van der Waals surface area contributed by atoms with E-state index in [1.54, 1.807) is 42.6 Å². The molecule has 3 N–H and O–H groups in total. The Hall–Kier alpha value is -4.23. The largest absolute Gasteiger partial charge is 0.494 e. The average Bonchev–Trinajstić information content (AvgIpc) is 2.79. The van der Waals surface area contributed by atoms with Gasteiger partial charge in [-0.2, -0.15) is 0 Å². The highest BCUT2D eigenvalue weighted by atomic mass is 16.3. The lowest BCUT2D eigenvalue weighted by Crippen LogP contribution is -2.10. The van der Waals surface area contributed by atoms with E-state index in [1.807, 2.05) is 44.4 Å². The number of nitrogens with one attached hydrogen (secondary N) is 2. The Morgan fingerprint density at radius 3 is 2.47 bits per heavy atom. The number of rotatable bonds is 7. The lowest BCUT2D eigenvalue weighted by molar-refractivity contribution is 0.101. The molecule has 0 aliphatic heterocycles. The first-order chi connectivity index (χ1) is 16.3. The molecule has 0 saturated carbocycles. The van der Waals surface area contributed by atoms with Gasteiger partial charge in [0.15, 0.2) is 5.78 Å². The fraction of sp³-hybridized carbons (Fsp3) is 0.148. The maximum absolute atomic E-state index is 12.4. The van der Waals surface area contributed by atoms with Crippen molar-refractivity contribution in [2.45, 2.75) is 13.5 Å². The van der Waals surface area contributed by atoms with Crippen LogP contribution < -0.4 is 10.9 Å². The number of aromatic nitrogens is 1. The summed E-state index contributed by atoms with van der Waals surface area (Å²) in [5.41, 5.74) is 3.98. The Kier molecular flexibility index (Phi) is 6.56. The summed E-state index contributed by atoms with van der Waals surface area (Å²) in [5.74, 6) is -0.270. The summed E-state index contributed by atoms with van der Waals surface area (Å²) >= 11 is 0. The minimum Gasteiger partial charge on any atom is -0.494 e. The number of aromatic amines is 1. The predicted octanol–water partition coefficient (Wildman–Crippen LogP) is 4.99. The van der Waals surface area contributed by atoms with Crippen molar-refractivity contribution < 1.29 is 9.90 Å². The monoisotopic (exact) mass is 454 g/mol. The van der Waals surface area contributed by atoms with Gasteiger partial charge in [-0.05, 0) is 69.0 Å². The molecule has 4 rings (SSSR count). The molecule has 7 heteroatoms. The third-order valence-corrected chi connectivity index (χ3v) is 5.38. The van der Waals surface area contributed by atoms with Crippen molar-refractivity contribution in [3.8, 4) is 5.88 Å². The van der Waals surface area contributed by atoms with Crippen LogP contribution in [0.15, 0.2) is 76.5 Å². The molecule has 0 amide bonds. The molecule has 1 heterocycles. The van der Waals surface area contributed by atoms with Gasteiger partial charge in [0, 0.05) is 40.5 Å². The molecule has 0 saturated heterocycles. The Morgan fingerprint density at radius 2 is 1.76 bits per heavy atom. The molecule has 4 aromatic rings. The summed E-state index contributed by atoms with van der Waals surface area (Å²) in [4.78, 5) is 33.2. The predicted molar refractivity (Wildman–Crippen MR) is 137 cm³/mol. The van der Waals surface area contributed by atoms with E-state index in [-0.39, 0.29) is 17.2 Å². The molecule has 7 nitrogen and oxygen atoms in total. The van der Waals surface area contributed by atoms with Crippen molar-refractivity contribution in [3.63, 3.8) is 0 Å². The van der Waals surface area contributed by atoms with Crippen LogP contribution in [0.3, 0.4) is 0 Å². The van der Waals surface area contributed by atoms with Crippen LogP contribution in [0.4, 0.5) is 17.1 Å². The first-order valence-corrected chi connectivity index (χ1v) is 10.8. The summed E-state index contributed by atoms with van der Waals surface area (Å²) in [6, 6.07) is 20.3. The van der Waals surface area contributed by atoms with E-state index in [1.165, 1.54) is 12.5 Å². The van der Waals surface area contributed by atoms with Crippen molar-refractivity contribution in [2.24, 2.45) is 4.99 Å². The van der Waals surface area contributed by atoms with Crippen molar-refractivity contribution in [3.05, 3.63) is 93.8 Å². The van der Waals surface area contributed by atoms with E-state index in [0.29, 0.717) is 27.6 Å². The number of aliphatic imine (C=N–C) groups is 1. The van der Waals surface area contributed by atoms with E-state index in [9.17, 15) is 14.7 Å². The van der Waals surface area contributed by atoms with Crippen LogP contribution in [0, 0.1) is 0 Å². The van der Waals surface area contributed by atoms with E-state index >= 15 is 0 Å². The molecule has 0 unspecified atom stereocenters. The van der Waals surface area contributed by atoms with Crippen LogP contribution >= 0.6 is 0 Å². The Morgan fingerprint density at radius 1 is 1.03 bits per heavy atom. The first-order valence-electron chi connectivity index (χ1n) is 10.8. The number of pyridine rings is 1. The summed E-state index contributed by atoms with van der Waals surface area (Å²) in [5, 5.41) is 14.7. The summed E-state index contributed by atoms with van der Waals surface area (Å²) in [6.07, 6.45) is 1.55. The molecule has 34 heavy (non-hydrogen) atoms. The van der Waals surface area contributed by atoms with Gasteiger partial charge in [-0.25, -0.2) is 0 Å². The molecule has 0 atom stereocenters. The number of fused-ring (bicyclic) bond motifs is 1. The summed E-state index contributed by atoms with van der Waals surface area (Å²) < 4.78 is 0. The number of nitrogens with zero attached hydrogens (tertiary/aromatic N) is 2. The van der Waals surface area contributed by atoms with E-state index in [0.717, 1.165) is 17.9 Å². The summed E-state index contributed by atoms with van der Waals surface area (Å²) in [6.45, 7) is 2.35. The number of ketones is 1. The molecule has 0 spiro atoms. The van der Waals surface area contributed by atoms with Crippen molar-refractivity contribution in [1.82, 2.24) is 9.88 Å². The van der Waals surface area contributed by atoms with Crippen LogP contribution in [0.5, 0.6) is 5.88 Å². The molecular weight excluding hydrogens is 428 g/mol. The zero-order valence-corrected chi connectivity index (χ0v) is 19.3. The number of anilines is 2. The fourth-order valence-electron chi connectivity index (χ4n) is 3.72. The number of carbonyl (C=O) groups is 1. The SMILES string of the molecule is CC(=O)c1cccc(Nc2ccc3c(=O)[nH]c(O)c(C=Nc4ccc(CN(C)C)cc4)c3c2)c1. The Balaban J connectivity index is 1.69. The molecule has 0 aliphatic carbocycles. The van der Waals surface area contributed by atoms with Crippen LogP contribution in [0.2, 0.25) is 0 Å². The highest BCUT2D eigenvalue weighted by Gasteiger charge is 2.11. The number of aromatic hydroxyl groups is 1. The Labute approximate surface area is 197 Å². The molecule has 172 valence electrons. The third kappa shape index (κ3) is 5.22. The maximum atomic E-state index is 12.4. The molecule has 0 bridgehead atoms. The highest BCUT2D eigenvalue weighted by molar-refractivity contribution is 6.03. The first kappa shape index (κ1) is 22.9. The third-order valence-electron chi connectivity index (χ3n) is 5.38. The minimum atomic E-state index is -0.386. The second-order valence-corrected chi connectivity index (χ2v) is 8.40. The van der Waals surface area contributed by atoms with Crippen LogP contribution in [0.25, 0.3) is 10.8 Å². The quantitative estimate of drug-likeness (QED) is 0.270. The number of hydrogen-bond donors (Lipinski definition) is 3. The zero-order chi connectivity index (χ0) is 24.2. The molecule has 0 aliphatic rings. The Bertz CT molecular complexity index is 1440. The lowest BCUT2D eigenvalue weighted by atomic mass is 10.1. The lowest BCUT2D eigenvalue weighted by Gasteiger charge is -2.11. The molecule has 0 radical (unpaired) electrons. The van der Waals surface area contributed by atoms with Crippen LogP contribution in [0.1, 0.15) is 28.4 Å². The van der Waals surface area contributed by atoms with Crippen LogP contribution in [-0.2, 0) is 6.54 Å². The van der Waals surface area contributed by atoms with Crippen LogP contribution in [-0.4, -0.2) is 41.1 Å². The van der Waals surface area contributed by atoms with Gasteiger partial charge >= 0.3 is 0 Å². The van der Waals surface area contributed by atoms with E-state index in [2.05, 4.69) is 20.2 Å². The number of H-pyrrole nitrogens is 1. The van der Waals surface area contributed by atoms with Gasteiger partial charge in [0.05, 0.1) is 11.3 Å². The van der Waals surface area contributed by atoms with Gasteiger partial charge < -0.3 is 15.3 Å². The minimum absolute atomic E-state index is 0.0214. The molecule has 1 aromatic heterocycles. The number of carbonyl (C=O) groups excluding carboxylic acids is 1. The van der Waals surface area contributed by atoms with Gasteiger partial charge in [-0.1, -0.05) is 24.3 Å². The van der Waals surface area contributed by atoms with Crippen molar-refractivity contribution in [2.75, 3.05) is 19.4 Å². The fourth-order valence-corrected chi connectivity index (χ4v) is 3.72. The topological polar surface area (TPSA) is 97.8 Å². The van der Waals surface area contributed by atoms with Gasteiger partial charge in [0.2, 0.25) is 5.88 Å². The second-order valence-electron chi connectivity index (χ2n) is 8.40. The zero-order valence-electron chi connectivity index (χ0n) is 19.3. The number of hydrogen-bond acceptors (Lipinski definition) is 6. The standard InChI is InChI=1S/C27H26N4O3/c1-17(32)19-5-4-6-21(13-19)29-22-11-12-23-24(14-22)25(27(34)30-26(23)33)15-28-20-9-7-18(8-10-20)16-31(2)3/h4-15,29H,16H2,1-3H3,(H2,30,33,34). The van der Waals surface area contributed by atoms with Crippen molar-refractivity contribution in [1.29, 1.82) is 0 Å². The molecule has 0 fully saturated rings. The van der Waals surface area contributed by atoms with Crippen molar-refractivity contribution >= 4 is 39.8 Å². The van der Waals surface area contributed by atoms with Gasteiger partial charge in [0.1, 0.15) is 0 Å². The van der Waals surface area contributed by atoms with E-state index in [4.69, 9.17) is 0 Å². The normalized spacial score (nSPS) is 11.4.